The number of benzene rings is 1. The van der Waals surface area contributed by atoms with Crippen LogP contribution in [0.4, 0.5) is 0 Å². The summed E-state index contributed by atoms with van der Waals surface area (Å²) in [6.45, 7) is -0.203. The second-order valence-electron chi connectivity index (χ2n) is 3.14. The third-order valence-corrected chi connectivity index (χ3v) is 1.98. The van der Waals surface area contributed by atoms with Gasteiger partial charge in [-0.05, 0) is 6.07 Å². The van der Waals surface area contributed by atoms with Gasteiger partial charge in [-0.2, -0.15) is 0 Å². The van der Waals surface area contributed by atoms with E-state index in [0.29, 0.717) is 5.56 Å². The molecule has 0 saturated heterocycles. The fourth-order valence-corrected chi connectivity index (χ4v) is 1.06. The molecule has 0 aromatic heterocycles. The van der Waals surface area contributed by atoms with Gasteiger partial charge in [-0.3, -0.25) is 4.79 Å². The van der Waals surface area contributed by atoms with Gasteiger partial charge < -0.3 is 21.3 Å². The molecule has 0 aliphatic heterocycles. The highest BCUT2D eigenvalue weighted by Gasteiger charge is 2.11. The number of aliphatic hydroxyl groups excluding tert-OH is 1. The van der Waals surface area contributed by atoms with E-state index in [0.717, 1.165) is 0 Å². The first-order valence-corrected chi connectivity index (χ1v) is 4.56. The van der Waals surface area contributed by atoms with E-state index in [4.69, 9.17) is 10.8 Å². The summed E-state index contributed by atoms with van der Waals surface area (Å²) in [4.78, 5) is 11.2. The lowest BCUT2D eigenvalue weighted by Crippen LogP contribution is -2.42. The van der Waals surface area contributed by atoms with Crippen LogP contribution in [0.1, 0.15) is 5.56 Å². The number of phenolic OH excluding ortho intramolecular Hbond substituents is 1. The smallest absolute Gasteiger partial charge is 0.239 e. The number of hydrogen-bond donors (Lipinski definition) is 4. The quantitative estimate of drug-likeness (QED) is 0.530. The summed E-state index contributed by atoms with van der Waals surface area (Å²) in [5, 5.41) is 20.5. The molecule has 0 radical (unpaired) electrons. The number of para-hydroxylation sites is 1. The van der Waals surface area contributed by atoms with E-state index in [1.165, 1.54) is 6.07 Å². The zero-order valence-corrected chi connectivity index (χ0v) is 8.18. The van der Waals surface area contributed by atoms with Gasteiger partial charge in [0, 0.05) is 12.1 Å². The minimum Gasteiger partial charge on any atom is -0.508 e. The van der Waals surface area contributed by atoms with E-state index in [2.05, 4.69) is 5.32 Å². The molecule has 0 saturated carbocycles. The average Bonchev–Trinajstić information content (AvgIpc) is 2.26. The number of nitrogens with two attached hydrogens (primary N) is 1. The van der Waals surface area contributed by atoms with Gasteiger partial charge in [0.15, 0.2) is 0 Å². The molecule has 1 aromatic rings. The molecule has 0 heterocycles. The summed E-state index contributed by atoms with van der Waals surface area (Å²) in [5.41, 5.74) is 5.90. The van der Waals surface area contributed by atoms with Crippen LogP contribution in [-0.2, 0) is 11.3 Å². The molecule has 1 aromatic carbocycles. The maximum Gasteiger partial charge on any atom is 0.239 e. The molecule has 0 aliphatic carbocycles. The SMILES string of the molecule is NC(CO)C(=O)NCc1ccccc1O. The monoisotopic (exact) mass is 210 g/mol. The van der Waals surface area contributed by atoms with Crippen LogP contribution < -0.4 is 11.1 Å². The van der Waals surface area contributed by atoms with Gasteiger partial charge in [0.25, 0.3) is 0 Å². The lowest BCUT2D eigenvalue weighted by molar-refractivity contribution is -0.123. The highest BCUT2D eigenvalue weighted by atomic mass is 16.3. The molecule has 1 amide bonds. The Morgan fingerprint density at radius 3 is 2.73 bits per heavy atom. The number of phenols is 1. The fraction of sp³-hybridized carbons (Fsp3) is 0.300. The molecule has 1 rings (SSSR count). The largest absolute Gasteiger partial charge is 0.508 e. The molecule has 0 spiro atoms. The molecular formula is C10H14N2O3. The highest BCUT2D eigenvalue weighted by molar-refractivity contribution is 5.81. The van der Waals surface area contributed by atoms with Crippen molar-refractivity contribution in [1.29, 1.82) is 0 Å². The Labute approximate surface area is 87.5 Å². The van der Waals surface area contributed by atoms with E-state index in [-0.39, 0.29) is 12.3 Å². The number of aromatic hydroxyl groups is 1. The minimum atomic E-state index is -0.921. The number of carbonyl (C=O) groups is 1. The molecule has 0 fully saturated rings. The van der Waals surface area contributed by atoms with Crippen molar-refractivity contribution in [3.63, 3.8) is 0 Å². The maximum absolute atomic E-state index is 11.2. The first-order chi connectivity index (χ1) is 7.15. The van der Waals surface area contributed by atoms with Crippen molar-refractivity contribution >= 4 is 5.91 Å². The number of hydrogen-bond acceptors (Lipinski definition) is 4. The van der Waals surface area contributed by atoms with Crippen LogP contribution in [0, 0.1) is 0 Å². The van der Waals surface area contributed by atoms with Crippen LogP contribution in [0.5, 0.6) is 5.75 Å². The Bertz CT molecular complexity index is 341. The molecule has 15 heavy (non-hydrogen) atoms. The highest BCUT2D eigenvalue weighted by Crippen LogP contribution is 2.14. The second kappa shape index (κ2) is 5.33. The lowest BCUT2D eigenvalue weighted by atomic mass is 10.2. The van der Waals surface area contributed by atoms with Gasteiger partial charge in [-0.15, -0.1) is 0 Å². The summed E-state index contributed by atoms with van der Waals surface area (Å²) >= 11 is 0. The number of rotatable bonds is 4. The van der Waals surface area contributed by atoms with E-state index in [1.54, 1.807) is 18.2 Å². The molecule has 5 heteroatoms. The van der Waals surface area contributed by atoms with Crippen molar-refractivity contribution in [3.8, 4) is 5.75 Å². The molecule has 0 aliphatic rings. The normalized spacial score (nSPS) is 12.1. The Balaban J connectivity index is 2.51. The third-order valence-electron chi connectivity index (χ3n) is 1.98. The summed E-state index contributed by atoms with van der Waals surface area (Å²) in [5.74, 6) is -0.323. The van der Waals surface area contributed by atoms with E-state index >= 15 is 0 Å². The standard InChI is InChI=1S/C10H14N2O3/c11-8(6-13)10(15)12-5-7-3-1-2-4-9(7)14/h1-4,8,13-14H,5-6,11H2,(H,12,15). The number of carbonyl (C=O) groups excluding carboxylic acids is 1. The average molecular weight is 210 g/mol. The number of aliphatic hydroxyl groups is 1. The summed E-state index contributed by atoms with van der Waals surface area (Å²) in [7, 11) is 0. The Hall–Kier alpha value is -1.59. The van der Waals surface area contributed by atoms with Crippen LogP contribution >= 0.6 is 0 Å². The molecule has 5 nitrogen and oxygen atoms in total. The van der Waals surface area contributed by atoms with E-state index in [9.17, 15) is 9.90 Å². The minimum absolute atomic E-state index is 0.121. The van der Waals surface area contributed by atoms with Crippen molar-refractivity contribution in [2.45, 2.75) is 12.6 Å². The maximum atomic E-state index is 11.2. The van der Waals surface area contributed by atoms with Crippen molar-refractivity contribution in [2.24, 2.45) is 5.73 Å². The van der Waals surface area contributed by atoms with Crippen LogP contribution in [0.25, 0.3) is 0 Å². The van der Waals surface area contributed by atoms with Gasteiger partial charge >= 0.3 is 0 Å². The zero-order chi connectivity index (χ0) is 11.3. The number of amides is 1. The molecule has 1 unspecified atom stereocenters. The third kappa shape index (κ3) is 3.23. The van der Waals surface area contributed by atoms with Gasteiger partial charge in [0.1, 0.15) is 11.8 Å². The Morgan fingerprint density at radius 2 is 2.13 bits per heavy atom. The Morgan fingerprint density at radius 1 is 1.47 bits per heavy atom. The molecule has 1 atom stereocenters. The molecule has 5 N–H and O–H groups in total. The number of nitrogens with one attached hydrogen (secondary N) is 1. The van der Waals surface area contributed by atoms with Crippen LogP contribution in [0.15, 0.2) is 24.3 Å². The van der Waals surface area contributed by atoms with Gasteiger partial charge in [0.05, 0.1) is 6.61 Å². The zero-order valence-electron chi connectivity index (χ0n) is 8.18. The molecule has 0 bridgehead atoms. The first-order valence-electron chi connectivity index (χ1n) is 4.56. The second-order valence-corrected chi connectivity index (χ2v) is 3.14. The topological polar surface area (TPSA) is 95.6 Å². The van der Waals surface area contributed by atoms with Crippen LogP contribution in [0.3, 0.4) is 0 Å². The summed E-state index contributed by atoms with van der Waals surface area (Å²) < 4.78 is 0. The molecule has 82 valence electrons. The van der Waals surface area contributed by atoms with E-state index < -0.39 is 18.6 Å². The van der Waals surface area contributed by atoms with Gasteiger partial charge in [-0.25, -0.2) is 0 Å². The van der Waals surface area contributed by atoms with Gasteiger partial charge in [0.2, 0.25) is 5.91 Å². The molecular weight excluding hydrogens is 196 g/mol. The first kappa shape index (κ1) is 11.5. The summed E-state index contributed by atoms with van der Waals surface area (Å²) in [6, 6.07) is 5.76. The summed E-state index contributed by atoms with van der Waals surface area (Å²) in [6.07, 6.45) is 0. The van der Waals surface area contributed by atoms with E-state index in [1.807, 2.05) is 0 Å². The lowest BCUT2D eigenvalue weighted by Gasteiger charge is -2.10. The van der Waals surface area contributed by atoms with Crippen molar-refractivity contribution in [2.75, 3.05) is 6.61 Å². The van der Waals surface area contributed by atoms with Crippen molar-refractivity contribution < 1.29 is 15.0 Å². The predicted molar refractivity (Wildman–Crippen MR) is 55.0 cm³/mol. The van der Waals surface area contributed by atoms with Crippen molar-refractivity contribution in [3.05, 3.63) is 29.8 Å². The van der Waals surface area contributed by atoms with Crippen LogP contribution in [-0.4, -0.2) is 28.8 Å². The fourth-order valence-electron chi connectivity index (χ4n) is 1.06. The predicted octanol–water partition coefficient (Wildman–Crippen LogP) is -0.672. The Kier molecular flexibility index (Phi) is 4.08. The van der Waals surface area contributed by atoms with Crippen molar-refractivity contribution in [1.82, 2.24) is 5.32 Å². The van der Waals surface area contributed by atoms with Crippen LogP contribution in [0.2, 0.25) is 0 Å². The van der Waals surface area contributed by atoms with Gasteiger partial charge in [-0.1, -0.05) is 18.2 Å².